The lowest BCUT2D eigenvalue weighted by molar-refractivity contribution is 0.120. The van der Waals surface area contributed by atoms with E-state index in [1.165, 1.54) is 0 Å². The number of morpholine rings is 1. The van der Waals surface area contributed by atoms with Crippen LogP contribution in [0.3, 0.4) is 0 Å². The number of hydrogen-bond acceptors (Lipinski definition) is 6. The van der Waals surface area contributed by atoms with Gasteiger partial charge in [0.25, 0.3) is 5.56 Å². The standard InChI is InChI=1S/C25H22N2O4/c28-24-20-11-12-21(30-17-18-7-3-1-4-8-18)22(19-9-5-2-6-10-19)23(20)31-25(26-24)27-13-15-29-16-14-27/h1-12H,13-17H2. The van der Waals surface area contributed by atoms with Crippen LogP contribution in [0, 0.1) is 0 Å². The van der Waals surface area contributed by atoms with Crippen LogP contribution in [0.4, 0.5) is 6.01 Å². The summed E-state index contributed by atoms with van der Waals surface area (Å²) >= 11 is 0. The van der Waals surface area contributed by atoms with Crippen LogP contribution in [0.5, 0.6) is 5.75 Å². The summed E-state index contributed by atoms with van der Waals surface area (Å²) in [6.45, 7) is 2.83. The molecular weight excluding hydrogens is 392 g/mol. The average molecular weight is 414 g/mol. The zero-order chi connectivity index (χ0) is 21.0. The molecule has 1 aliphatic rings. The molecule has 0 N–H and O–H groups in total. The fraction of sp³-hybridized carbons (Fsp3) is 0.200. The van der Waals surface area contributed by atoms with Crippen molar-refractivity contribution >= 4 is 17.0 Å². The van der Waals surface area contributed by atoms with E-state index >= 15 is 0 Å². The molecular formula is C25H22N2O4. The second-order valence-corrected chi connectivity index (χ2v) is 7.36. The van der Waals surface area contributed by atoms with Gasteiger partial charge in [-0.3, -0.25) is 4.79 Å². The maximum atomic E-state index is 12.8. The molecule has 3 aromatic carbocycles. The number of ether oxygens (including phenoxy) is 2. The Morgan fingerprint density at radius 1 is 0.903 bits per heavy atom. The van der Waals surface area contributed by atoms with E-state index in [-0.39, 0.29) is 5.56 Å². The Labute approximate surface area is 179 Å². The van der Waals surface area contributed by atoms with Gasteiger partial charge in [0.2, 0.25) is 0 Å². The third-order valence-electron chi connectivity index (χ3n) is 5.32. The number of fused-ring (bicyclic) bond motifs is 1. The summed E-state index contributed by atoms with van der Waals surface area (Å²) in [6, 6.07) is 23.7. The lowest BCUT2D eigenvalue weighted by Crippen LogP contribution is -2.37. The SMILES string of the molecule is O=c1nc(N2CCOCC2)oc2c(-c3ccccc3)c(OCc3ccccc3)ccc12. The number of rotatable bonds is 5. The highest BCUT2D eigenvalue weighted by molar-refractivity contribution is 5.95. The highest BCUT2D eigenvalue weighted by Crippen LogP contribution is 2.37. The molecule has 0 atom stereocenters. The van der Waals surface area contributed by atoms with E-state index in [1.54, 1.807) is 6.07 Å². The normalized spacial score (nSPS) is 14.0. The molecule has 0 aliphatic carbocycles. The van der Waals surface area contributed by atoms with Gasteiger partial charge in [-0.15, -0.1) is 0 Å². The van der Waals surface area contributed by atoms with Gasteiger partial charge in [-0.2, -0.15) is 4.98 Å². The molecule has 2 heterocycles. The van der Waals surface area contributed by atoms with Crippen molar-refractivity contribution in [1.82, 2.24) is 4.98 Å². The van der Waals surface area contributed by atoms with Crippen LogP contribution >= 0.6 is 0 Å². The summed E-state index contributed by atoms with van der Waals surface area (Å²) in [6.07, 6.45) is 0. The fourth-order valence-electron chi connectivity index (χ4n) is 3.72. The van der Waals surface area contributed by atoms with Gasteiger partial charge in [-0.1, -0.05) is 60.7 Å². The van der Waals surface area contributed by atoms with Crippen LogP contribution < -0.4 is 15.2 Å². The van der Waals surface area contributed by atoms with Crippen molar-refractivity contribution in [1.29, 1.82) is 0 Å². The van der Waals surface area contributed by atoms with Crippen LogP contribution in [0.2, 0.25) is 0 Å². The molecule has 6 nitrogen and oxygen atoms in total. The molecule has 0 unspecified atom stereocenters. The molecule has 1 saturated heterocycles. The molecule has 6 heteroatoms. The van der Waals surface area contributed by atoms with E-state index in [1.807, 2.05) is 71.6 Å². The van der Waals surface area contributed by atoms with Gasteiger partial charge >= 0.3 is 6.01 Å². The number of benzene rings is 3. The van der Waals surface area contributed by atoms with E-state index in [0.717, 1.165) is 16.7 Å². The molecule has 1 fully saturated rings. The molecule has 0 saturated carbocycles. The summed E-state index contributed by atoms with van der Waals surface area (Å²) in [5.74, 6) is 0.657. The van der Waals surface area contributed by atoms with Crippen molar-refractivity contribution in [2.45, 2.75) is 6.61 Å². The first-order chi connectivity index (χ1) is 15.3. The van der Waals surface area contributed by atoms with Gasteiger partial charge < -0.3 is 18.8 Å². The van der Waals surface area contributed by atoms with Crippen LogP contribution in [-0.4, -0.2) is 31.3 Å². The van der Waals surface area contributed by atoms with E-state index in [4.69, 9.17) is 13.9 Å². The van der Waals surface area contributed by atoms with E-state index < -0.39 is 0 Å². The summed E-state index contributed by atoms with van der Waals surface area (Å²) in [5, 5.41) is 0.433. The van der Waals surface area contributed by atoms with Crippen molar-refractivity contribution in [3.05, 3.63) is 88.7 Å². The zero-order valence-electron chi connectivity index (χ0n) is 17.0. The largest absolute Gasteiger partial charge is 0.488 e. The molecule has 0 amide bonds. The van der Waals surface area contributed by atoms with E-state index in [2.05, 4.69) is 4.98 Å². The van der Waals surface area contributed by atoms with E-state index in [0.29, 0.717) is 55.6 Å². The Morgan fingerprint density at radius 2 is 1.61 bits per heavy atom. The first-order valence-electron chi connectivity index (χ1n) is 10.3. The van der Waals surface area contributed by atoms with Gasteiger partial charge in [0.1, 0.15) is 12.4 Å². The Morgan fingerprint density at radius 3 is 2.35 bits per heavy atom. The van der Waals surface area contributed by atoms with Gasteiger partial charge in [-0.25, -0.2) is 0 Å². The molecule has 31 heavy (non-hydrogen) atoms. The molecule has 156 valence electrons. The van der Waals surface area contributed by atoms with Gasteiger partial charge in [0.05, 0.1) is 24.2 Å². The van der Waals surface area contributed by atoms with Gasteiger partial charge in [0.15, 0.2) is 5.58 Å². The molecule has 1 aromatic heterocycles. The minimum Gasteiger partial charge on any atom is -0.488 e. The summed E-state index contributed by atoms with van der Waals surface area (Å²) in [4.78, 5) is 19.0. The van der Waals surface area contributed by atoms with Crippen molar-refractivity contribution < 1.29 is 13.9 Å². The molecule has 0 spiro atoms. The number of anilines is 1. The maximum absolute atomic E-state index is 12.8. The predicted molar refractivity (Wildman–Crippen MR) is 120 cm³/mol. The first kappa shape index (κ1) is 19.3. The van der Waals surface area contributed by atoms with Crippen molar-refractivity contribution in [2.75, 3.05) is 31.2 Å². The van der Waals surface area contributed by atoms with Crippen LogP contribution in [0.1, 0.15) is 5.56 Å². The molecule has 0 radical (unpaired) electrons. The minimum atomic E-state index is -0.311. The van der Waals surface area contributed by atoms with Gasteiger partial charge in [0, 0.05) is 13.1 Å². The molecule has 0 bridgehead atoms. The van der Waals surface area contributed by atoms with Crippen molar-refractivity contribution in [3.63, 3.8) is 0 Å². The second-order valence-electron chi connectivity index (χ2n) is 7.36. The maximum Gasteiger partial charge on any atom is 0.301 e. The topological polar surface area (TPSA) is 64.8 Å². The smallest absolute Gasteiger partial charge is 0.301 e. The van der Waals surface area contributed by atoms with Crippen molar-refractivity contribution in [3.8, 4) is 16.9 Å². The summed E-state index contributed by atoms with van der Waals surface area (Å²) < 4.78 is 17.9. The Kier molecular flexibility index (Phi) is 5.37. The van der Waals surface area contributed by atoms with Crippen LogP contribution in [0.15, 0.2) is 82.0 Å². The highest BCUT2D eigenvalue weighted by atomic mass is 16.5. The third-order valence-corrected chi connectivity index (χ3v) is 5.32. The van der Waals surface area contributed by atoms with Gasteiger partial charge in [-0.05, 0) is 23.3 Å². The monoisotopic (exact) mass is 414 g/mol. The van der Waals surface area contributed by atoms with Crippen molar-refractivity contribution in [2.24, 2.45) is 0 Å². The Balaban J connectivity index is 1.64. The zero-order valence-corrected chi connectivity index (χ0v) is 17.0. The number of aromatic nitrogens is 1. The Bertz CT molecular complexity index is 1230. The lowest BCUT2D eigenvalue weighted by atomic mass is 10.0. The summed E-state index contributed by atoms with van der Waals surface area (Å²) in [7, 11) is 0. The van der Waals surface area contributed by atoms with E-state index in [9.17, 15) is 4.79 Å². The first-order valence-corrected chi connectivity index (χ1v) is 10.3. The molecule has 5 rings (SSSR count). The average Bonchev–Trinajstić information content (AvgIpc) is 2.84. The number of nitrogens with zero attached hydrogens (tertiary/aromatic N) is 2. The van der Waals surface area contributed by atoms with Crippen LogP contribution in [-0.2, 0) is 11.3 Å². The Hall–Kier alpha value is -3.64. The third kappa shape index (κ3) is 4.02. The highest BCUT2D eigenvalue weighted by Gasteiger charge is 2.21. The summed E-state index contributed by atoms with van der Waals surface area (Å²) in [5.41, 5.74) is 2.90. The minimum absolute atomic E-state index is 0.311. The number of hydrogen-bond donors (Lipinski definition) is 0. The fourth-order valence-corrected chi connectivity index (χ4v) is 3.72. The lowest BCUT2D eigenvalue weighted by Gasteiger charge is -2.26. The molecule has 1 aliphatic heterocycles. The predicted octanol–water partition coefficient (Wildman–Crippen LogP) is 4.27. The van der Waals surface area contributed by atoms with Crippen LogP contribution in [0.25, 0.3) is 22.1 Å². The quantitative estimate of drug-likeness (QED) is 0.486. The molecule has 4 aromatic rings. The second kappa shape index (κ2) is 8.62.